The van der Waals surface area contributed by atoms with Crippen LogP contribution in [-0.2, 0) is 4.65 Å². The van der Waals surface area contributed by atoms with Crippen LogP contribution in [0.5, 0.6) is 0 Å². The molecule has 0 heterocycles. The van der Waals surface area contributed by atoms with Crippen molar-refractivity contribution in [1.82, 2.24) is 5.32 Å². The molecule has 0 amide bonds. The summed E-state index contributed by atoms with van der Waals surface area (Å²) in [4.78, 5) is 0. The van der Waals surface area contributed by atoms with Crippen LogP contribution in [0.15, 0.2) is 0 Å². The van der Waals surface area contributed by atoms with E-state index in [0.29, 0.717) is 12.6 Å². The molecule has 0 rings (SSSR count). The van der Waals surface area contributed by atoms with Crippen LogP contribution in [0.25, 0.3) is 0 Å². The van der Waals surface area contributed by atoms with E-state index in [4.69, 9.17) is 8.05 Å². The molecule has 0 aromatic heterocycles. The topological polar surface area (TPSA) is 21.3 Å². The van der Waals surface area contributed by atoms with Crippen molar-refractivity contribution in [3.63, 3.8) is 0 Å². The number of hydrogen-bond acceptors (Lipinski definition) is 2. The fourth-order valence-electron chi connectivity index (χ4n) is 0.731. The largest absolute Gasteiger partial charge is 0.447 e. The summed E-state index contributed by atoms with van der Waals surface area (Å²) in [6.45, 7) is 6.91. The third-order valence-corrected chi connectivity index (χ3v) is 2.06. The van der Waals surface area contributed by atoms with Crippen molar-refractivity contribution in [3.05, 3.63) is 0 Å². The van der Waals surface area contributed by atoms with Gasteiger partial charge in [0, 0.05) is 18.1 Å². The Morgan fingerprint density at radius 3 is 2.40 bits per heavy atom. The molecular weight excluding hydrogens is 125 g/mol. The molecule has 0 fully saturated rings. The van der Waals surface area contributed by atoms with E-state index in [-0.39, 0.29) is 5.41 Å². The molecule has 0 saturated heterocycles. The van der Waals surface area contributed by atoms with Gasteiger partial charge in [-0.05, 0) is 14.0 Å². The summed E-state index contributed by atoms with van der Waals surface area (Å²) >= 11 is 0. The van der Waals surface area contributed by atoms with Crippen molar-refractivity contribution >= 4 is 8.05 Å². The minimum absolute atomic E-state index is 0.101. The second-order valence-electron chi connectivity index (χ2n) is 3.31. The van der Waals surface area contributed by atoms with Gasteiger partial charge in [0.25, 0.3) is 8.05 Å². The molecule has 1 atom stereocenters. The zero-order chi connectivity index (χ0) is 8.20. The fraction of sp³-hybridized carbons (Fsp3) is 1.00. The SMILES string of the molecule is [B]OCC(C)(C)C(C)NC. The zero-order valence-electron chi connectivity index (χ0n) is 7.27. The highest BCUT2D eigenvalue weighted by Crippen LogP contribution is 2.19. The lowest BCUT2D eigenvalue weighted by Crippen LogP contribution is -2.40. The Bertz CT molecular complexity index is 95.6. The molecule has 0 bridgehead atoms. The van der Waals surface area contributed by atoms with Crippen LogP contribution in [0.2, 0.25) is 0 Å². The van der Waals surface area contributed by atoms with Gasteiger partial charge >= 0.3 is 0 Å². The van der Waals surface area contributed by atoms with Gasteiger partial charge in [-0.15, -0.1) is 0 Å². The average Bonchev–Trinajstić information content (AvgIpc) is 1.86. The number of hydrogen-bond donors (Lipinski definition) is 1. The van der Waals surface area contributed by atoms with Gasteiger partial charge in [0.2, 0.25) is 0 Å². The monoisotopic (exact) mass is 141 g/mol. The first-order valence-corrected chi connectivity index (χ1v) is 3.53. The molecule has 3 heteroatoms. The Labute approximate surface area is 64.8 Å². The summed E-state index contributed by atoms with van der Waals surface area (Å²) in [5.74, 6) is 0. The lowest BCUT2D eigenvalue weighted by molar-refractivity contribution is 0.153. The van der Waals surface area contributed by atoms with Crippen LogP contribution < -0.4 is 5.32 Å². The van der Waals surface area contributed by atoms with E-state index in [0.717, 1.165) is 0 Å². The molecule has 2 radical (unpaired) electrons. The van der Waals surface area contributed by atoms with E-state index in [1.54, 1.807) is 0 Å². The van der Waals surface area contributed by atoms with Crippen molar-refractivity contribution in [2.45, 2.75) is 26.8 Å². The lowest BCUT2D eigenvalue weighted by Gasteiger charge is -2.30. The van der Waals surface area contributed by atoms with Crippen LogP contribution in [0, 0.1) is 5.41 Å². The van der Waals surface area contributed by atoms with Crippen molar-refractivity contribution in [2.24, 2.45) is 5.41 Å². The second kappa shape index (κ2) is 3.99. The summed E-state index contributed by atoms with van der Waals surface area (Å²) in [5.41, 5.74) is 0.101. The Hall–Kier alpha value is -0.0151. The number of rotatable bonds is 4. The van der Waals surface area contributed by atoms with Crippen molar-refractivity contribution in [2.75, 3.05) is 13.7 Å². The third kappa shape index (κ3) is 2.71. The highest BCUT2D eigenvalue weighted by molar-refractivity contribution is 5.97. The van der Waals surface area contributed by atoms with E-state index in [1.807, 2.05) is 7.05 Å². The van der Waals surface area contributed by atoms with Gasteiger partial charge in [0.1, 0.15) is 0 Å². The first-order chi connectivity index (χ1) is 4.54. The van der Waals surface area contributed by atoms with E-state index >= 15 is 0 Å². The van der Waals surface area contributed by atoms with Gasteiger partial charge in [-0.25, -0.2) is 0 Å². The maximum absolute atomic E-state index is 4.98. The van der Waals surface area contributed by atoms with E-state index in [9.17, 15) is 0 Å². The molecule has 0 aromatic carbocycles. The summed E-state index contributed by atoms with van der Waals surface area (Å²) in [6.07, 6.45) is 0. The van der Waals surface area contributed by atoms with Gasteiger partial charge < -0.3 is 9.97 Å². The highest BCUT2D eigenvalue weighted by Gasteiger charge is 2.23. The Morgan fingerprint density at radius 1 is 1.60 bits per heavy atom. The Balaban J connectivity index is 3.82. The van der Waals surface area contributed by atoms with Gasteiger partial charge in [0.15, 0.2) is 0 Å². The van der Waals surface area contributed by atoms with Crippen LogP contribution >= 0.6 is 0 Å². The highest BCUT2D eigenvalue weighted by atomic mass is 16.4. The first kappa shape index (κ1) is 9.98. The number of nitrogens with one attached hydrogen (secondary N) is 1. The molecule has 0 aromatic rings. The van der Waals surface area contributed by atoms with Gasteiger partial charge in [-0.3, -0.25) is 0 Å². The van der Waals surface area contributed by atoms with Crippen LogP contribution in [0.4, 0.5) is 0 Å². The van der Waals surface area contributed by atoms with Crippen LogP contribution in [0.3, 0.4) is 0 Å². The maximum atomic E-state index is 4.98. The normalized spacial score (nSPS) is 15.2. The van der Waals surface area contributed by atoms with Crippen LogP contribution in [-0.4, -0.2) is 27.7 Å². The van der Waals surface area contributed by atoms with E-state index in [2.05, 4.69) is 30.7 Å². The quantitative estimate of drug-likeness (QED) is 0.582. The summed E-state index contributed by atoms with van der Waals surface area (Å²) in [6, 6.07) is 0.413. The van der Waals surface area contributed by atoms with Crippen molar-refractivity contribution in [3.8, 4) is 0 Å². The van der Waals surface area contributed by atoms with E-state index < -0.39 is 0 Å². The van der Waals surface area contributed by atoms with Crippen molar-refractivity contribution < 1.29 is 4.65 Å². The minimum atomic E-state index is 0.101. The fourth-order valence-corrected chi connectivity index (χ4v) is 0.731. The first-order valence-electron chi connectivity index (χ1n) is 3.53. The molecule has 58 valence electrons. The third-order valence-electron chi connectivity index (χ3n) is 2.06. The van der Waals surface area contributed by atoms with E-state index in [1.165, 1.54) is 0 Å². The molecular formula is C7H16BNO. The van der Waals surface area contributed by atoms with Crippen molar-refractivity contribution in [1.29, 1.82) is 0 Å². The molecule has 1 unspecified atom stereocenters. The molecule has 10 heavy (non-hydrogen) atoms. The lowest BCUT2D eigenvalue weighted by atomic mass is 9.86. The predicted molar refractivity (Wildman–Crippen MR) is 44.0 cm³/mol. The predicted octanol–water partition coefficient (Wildman–Crippen LogP) is 0.721. The zero-order valence-corrected chi connectivity index (χ0v) is 7.27. The average molecular weight is 141 g/mol. The molecule has 1 N–H and O–H groups in total. The molecule has 2 nitrogen and oxygen atoms in total. The van der Waals surface area contributed by atoms with Gasteiger partial charge in [-0.2, -0.15) is 0 Å². The molecule has 0 aliphatic heterocycles. The summed E-state index contributed by atoms with van der Waals surface area (Å²) < 4.78 is 4.59. The van der Waals surface area contributed by atoms with Crippen LogP contribution in [0.1, 0.15) is 20.8 Å². The summed E-state index contributed by atoms with van der Waals surface area (Å²) in [7, 11) is 6.91. The maximum Gasteiger partial charge on any atom is 0.282 e. The molecule has 0 aliphatic carbocycles. The van der Waals surface area contributed by atoms with Gasteiger partial charge in [0.05, 0.1) is 0 Å². The standard InChI is InChI=1S/C7H16BNO/c1-6(9-4)7(2,3)5-10-8/h6,9H,5H2,1-4H3. The minimum Gasteiger partial charge on any atom is -0.447 e. The molecule has 0 saturated carbocycles. The molecule has 0 aliphatic rings. The Morgan fingerprint density at radius 2 is 2.10 bits per heavy atom. The smallest absolute Gasteiger partial charge is 0.282 e. The second-order valence-corrected chi connectivity index (χ2v) is 3.31. The summed E-state index contributed by atoms with van der Waals surface area (Å²) in [5, 5.41) is 3.15. The Kier molecular flexibility index (Phi) is 3.98. The van der Waals surface area contributed by atoms with Gasteiger partial charge in [-0.1, -0.05) is 13.8 Å². The molecule has 0 spiro atoms.